The minimum absolute atomic E-state index is 0.0299. The molecule has 0 unspecified atom stereocenters. The van der Waals surface area contributed by atoms with Gasteiger partial charge in [-0.05, 0) is 31.9 Å². The highest BCUT2D eigenvalue weighted by Crippen LogP contribution is 2.24. The molecule has 7 nitrogen and oxygen atoms in total. The lowest BCUT2D eigenvalue weighted by Crippen LogP contribution is -2.17. The summed E-state index contributed by atoms with van der Waals surface area (Å²) in [5.74, 6) is 1.21. The van der Waals surface area contributed by atoms with Gasteiger partial charge in [-0.15, -0.1) is 10.2 Å². The summed E-state index contributed by atoms with van der Waals surface area (Å²) in [6, 6.07) is 6.17. The first-order valence-electron chi connectivity index (χ1n) is 8.92. The summed E-state index contributed by atoms with van der Waals surface area (Å²) in [5, 5.41) is 9.13. The third-order valence-electron chi connectivity index (χ3n) is 3.92. The molecule has 1 aromatic heterocycles. The first-order valence-corrected chi connectivity index (χ1v) is 12.0. The van der Waals surface area contributed by atoms with Gasteiger partial charge in [0.2, 0.25) is 0 Å². The molecule has 1 atom stereocenters. The van der Waals surface area contributed by atoms with Crippen LogP contribution in [0.1, 0.15) is 31.6 Å². The maximum absolute atomic E-state index is 13.8. The fraction of sp³-hybridized carbons (Fsp3) is 0.556. The van der Waals surface area contributed by atoms with Crippen LogP contribution in [0.15, 0.2) is 29.4 Å². The van der Waals surface area contributed by atoms with Gasteiger partial charge in [0, 0.05) is 24.9 Å². The third-order valence-corrected chi connectivity index (χ3v) is 5.98. The van der Waals surface area contributed by atoms with Gasteiger partial charge < -0.3 is 9.47 Å². The maximum Gasteiger partial charge on any atom is 0.191 e. The number of ether oxygens (including phenoxy) is 2. The molecule has 0 N–H and O–H groups in total. The van der Waals surface area contributed by atoms with Crippen molar-refractivity contribution >= 4 is 21.6 Å². The van der Waals surface area contributed by atoms with Gasteiger partial charge in [-0.1, -0.05) is 23.9 Å². The molecule has 0 saturated carbocycles. The summed E-state index contributed by atoms with van der Waals surface area (Å²) < 4.78 is 48.9. The molecular formula is C18H26FN3O4S2. The van der Waals surface area contributed by atoms with Gasteiger partial charge in [0.15, 0.2) is 22.5 Å². The second kappa shape index (κ2) is 10.8. The van der Waals surface area contributed by atoms with E-state index in [1.807, 2.05) is 11.5 Å². The third kappa shape index (κ3) is 7.06. The van der Waals surface area contributed by atoms with Crippen LogP contribution < -0.4 is 4.74 Å². The highest BCUT2D eigenvalue weighted by Gasteiger charge is 2.19. The molecule has 28 heavy (non-hydrogen) atoms. The average molecular weight is 432 g/mol. The maximum atomic E-state index is 13.8. The SMILES string of the molecule is COC[C@H](C)n1c(COc2ccccc2F)nnc1SCCCCS(C)(=O)=O. The number of nitrogens with zero attached hydrogens (tertiary/aromatic N) is 3. The number of thioether (sulfide) groups is 1. The lowest BCUT2D eigenvalue weighted by atomic mass is 10.3. The number of halogens is 1. The average Bonchev–Trinajstić information content (AvgIpc) is 3.03. The number of benzene rings is 1. The van der Waals surface area contributed by atoms with Crippen molar-refractivity contribution < 1.29 is 22.3 Å². The molecule has 0 aliphatic rings. The van der Waals surface area contributed by atoms with Crippen LogP contribution in [0.2, 0.25) is 0 Å². The summed E-state index contributed by atoms with van der Waals surface area (Å²) in [6.45, 7) is 2.52. The normalized spacial score (nSPS) is 12.9. The van der Waals surface area contributed by atoms with E-state index in [-0.39, 0.29) is 24.2 Å². The minimum atomic E-state index is -2.94. The topological polar surface area (TPSA) is 83.3 Å². The monoisotopic (exact) mass is 431 g/mol. The van der Waals surface area contributed by atoms with Gasteiger partial charge in [-0.2, -0.15) is 0 Å². The van der Waals surface area contributed by atoms with E-state index in [2.05, 4.69) is 10.2 Å². The first-order chi connectivity index (χ1) is 13.3. The summed E-state index contributed by atoms with van der Waals surface area (Å²) >= 11 is 1.51. The molecule has 1 aromatic carbocycles. The van der Waals surface area contributed by atoms with E-state index in [1.54, 1.807) is 25.3 Å². The van der Waals surface area contributed by atoms with Crippen molar-refractivity contribution in [1.29, 1.82) is 0 Å². The van der Waals surface area contributed by atoms with Crippen LogP contribution >= 0.6 is 11.8 Å². The Bertz CT molecular complexity index is 858. The fourth-order valence-electron chi connectivity index (χ4n) is 2.60. The number of sulfone groups is 1. The Hall–Kier alpha value is -1.65. The molecule has 0 aliphatic carbocycles. The van der Waals surface area contributed by atoms with Gasteiger partial charge in [0.1, 0.15) is 16.4 Å². The van der Waals surface area contributed by atoms with Crippen LogP contribution in [0.3, 0.4) is 0 Å². The molecule has 1 heterocycles. The van der Waals surface area contributed by atoms with Crippen molar-refractivity contribution in [3.05, 3.63) is 35.9 Å². The van der Waals surface area contributed by atoms with Crippen LogP contribution in [0.25, 0.3) is 0 Å². The molecular weight excluding hydrogens is 405 g/mol. The van der Waals surface area contributed by atoms with Gasteiger partial charge in [0.25, 0.3) is 0 Å². The van der Waals surface area contributed by atoms with Crippen LogP contribution in [0.5, 0.6) is 5.75 Å². The second-order valence-corrected chi connectivity index (χ2v) is 9.80. The number of hydrogen-bond acceptors (Lipinski definition) is 7. The Morgan fingerprint density at radius 1 is 1.25 bits per heavy atom. The lowest BCUT2D eigenvalue weighted by molar-refractivity contribution is 0.154. The largest absolute Gasteiger partial charge is 0.483 e. The Labute approximate surface area is 169 Å². The number of rotatable bonds is 12. The van der Waals surface area contributed by atoms with Crippen molar-refractivity contribution in [3.8, 4) is 5.75 Å². The number of methoxy groups -OCH3 is 1. The van der Waals surface area contributed by atoms with E-state index in [0.717, 1.165) is 12.2 Å². The van der Waals surface area contributed by atoms with E-state index in [4.69, 9.17) is 9.47 Å². The summed E-state index contributed by atoms with van der Waals surface area (Å²) in [4.78, 5) is 0. The van der Waals surface area contributed by atoms with Crippen LogP contribution in [0.4, 0.5) is 4.39 Å². The van der Waals surface area contributed by atoms with Gasteiger partial charge in [0.05, 0.1) is 12.6 Å². The second-order valence-electron chi connectivity index (χ2n) is 6.48. The summed E-state index contributed by atoms with van der Waals surface area (Å²) in [5.41, 5.74) is 0. The molecule has 0 radical (unpaired) electrons. The van der Waals surface area contributed by atoms with E-state index < -0.39 is 15.7 Å². The van der Waals surface area contributed by atoms with Crippen molar-refractivity contribution in [2.45, 2.75) is 37.6 Å². The minimum Gasteiger partial charge on any atom is -0.483 e. The van der Waals surface area contributed by atoms with E-state index >= 15 is 0 Å². The smallest absolute Gasteiger partial charge is 0.191 e. The van der Waals surface area contributed by atoms with E-state index in [1.165, 1.54) is 24.1 Å². The molecule has 0 bridgehead atoms. The van der Waals surface area contributed by atoms with Crippen molar-refractivity contribution in [1.82, 2.24) is 14.8 Å². The van der Waals surface area contributed by atoms with Crippen LogP contribution in [-0.2, 0) is 21.2 Å². The van der Waals surface area contributed by atoms with Gasteiger partial charge in [-0.3, -0.25) is 4.57 Å². The zero-order valence-corrected chi connectivity index (χ0v) is 17.9. The van der Waals surface area contributed by atoms with Crippen molar-refractivity contribution in [2.75, 3.05) is 31.5 Å². The highest BCUT2D eigenvalue weighted by molar-refractivity contribution is 7.99. The molecule has 0 spiro atoms. The Balaban J connectivity index is 2.03. The summed E-state index contributed by atoms with van der Waals surface area (Å²) in [7, 11) is -1.32. The molecule has 0 aliphatic heterocycles. The predicted octanol–water partition coefficient (Wildman–Crippen LogP) is 3.12. The standard InChI is InChI=1S/C18H26FN3O4S2/c1-14(12-25-2)22-17(13-26-16-9-5-4-8-15(16)19)20-21-18(22)27-10-6-7-11-28(3,23)24/h4-5,8-9,14H,6-7,10-13H2,1-3H3/t14-/m0/s1. The quantitative estimate of drug-likeness (QED) is 0.377. The predicted molar refractivity (Wildman–Crippen MR) is 107 cm³/mol. The highest BCUT2D eigenvalue weighted by atomic mass is 32.2. The molecule has 2 aromatic rings. The van der Waals surface area contributed by atoms with Crippen LogP contribution in [-0.4, -0.2) is 54.7 Å². The fourth-order valence-corrected chi connectivity index (χ4v) is 4.38. The number of aromatic nitrogens is 3. The number of hydrogen-bond donors (Lipinski definition) is 0. The Morgan fingerprint density at radius 3 is 2.68 bits per heavy atom. The number of para-hydroxylation sites is 1. The van der Waals surface area contributed by atoms with Crippen LogP contribution in [0, 0.1) is 5.82 Å². The van der Waals surface area contributed by atoms with Crippen molar-refractivity contribution in [2.24, 2.45) is 0 Å². The lowest BCUT2D eigenvalue weighted by Gasteiger charge is -2.17. The summed E-state index contributed by atoms with van der Waals surface area (Å²) in [6.07, 6.45) is 2.60. The molecule has 0 saturated heterocycles. The molecule has 156 valence electrons. The van der Waals surface area contributed by atoms with E-state index in [0.29, 0.717) is 24.0 Å². The Kier molecular flexibility index (Phi) is 8.71. The molecule has 0 fully saturated rings. The molecule has 2 rings (SSSR count). The zero-order valence-electron chi connectivity index (χ0n) is 16.3. The first kappa shape index (κ1) is 22.6. The Morgan fingerprint density at radius 2 is 2.00 bits per heavy atom. The molecule has 10 heteroatoms. The van der Waals surface area contributed by atoms with E-state index in [9.17, 15) is 12.8 Å². The van der Waals surface area contributed by atoms with Gasteiger partial charge >= 0.3 is 0 Å². The molecule has 0 amide bonds. The van der Waals surface area contributed by atoms with Crippen molar-refractivity contribution in [3.63, 3.8) is 0 Å². The van der Waals surface area contributed by atoms with Gasteiger partial charge in [-0.25, -0.2) is 12.8 Å². The zero-order chi connectivity index (χ0) is 20.6. The number of unbranched alkanes of at least 4 members (excludes halogenated alkanes) is 1.